The van der Waals surface area contributed by atoms with Crippen LogP contribution < -0.4 is 4.74 Å². The highest BCUT2D eigenvalue weighted by Crippen LogP contribution is 2.36. The van der Waals surface area contributed by atoms with Gasteiger partial charge in [-0.15, -0.1) is 0 Å². The Labute approximate surface area is 131 Å². The van der Waals surface area contributed by atoms with Gasteiger partial charge in [0.1, 0.15) is 0 Å². The smallest absolute Gasteiger partial charge is 0.261 e. The first-order valence-corrected chi connectivity index (χ1v) is 7.53. The van der Waals surface area contributed by atoms with Crippen LogP contribution in [0, 0.1) is 0 Å². The molecule has 0 bridgehead atoms. The van der Waals surface area contributed by atoms with Crippen LogP contribution in [-0.2, 0) is 0 Å². The highest BCUT2D eigenvalue weighted by Gasteiger charge is 2.18. The van der Waals surface area contributed by atoms with Gasteiger partial charge in [-0.05, 0) is 35.0 Å². The summed E-state index contributed by atoms with van der Waals surface area (Å²) in [5.74, 6) is 1.72. The molecule has 21 heavy (non-hydrogen) atoms. The van der Waals surface area contributed by atoms with Gasteiger partial charge < -0.3 is 9.15 Å². The van der Waals surface area contributed by atoms with Crippen LogP contribution in [0.25, 0.3) is 22.8 Å². The second kappa shape index (κ2) is 6.14. The topological polar surface area (TPSA) is 35.3 Å². The predicted octanol–water partition coefficient (Wildman–Crippen LogP) is 5.17. The van der Waals surface area contributed by atoms with Gasteiger partial charge in [0, 0.05) is 10.0 Å². The van der Waals surface area contributed by atoms with Crippen molar-refractivity contribution in [2.45, 2.75) is 6.92 Å². The van der Waals surface area contributed by atoms with Crippen LogP contribution in [0.2, 0.25) is 0 Å². The second-order valence-corrected chi connectivity index (χ2v) is 5.29. The van der Waals surface area contributed by atoms with Crippen LogP contribution in [0.4, 0.5) is 0 Å². The van der Waals surface area contributed by atoms with Crippen molar-refractivity contribution in [1.29, 1.82) is 0 Å². The van der Waals surface area contributed by atoms with E-state index in [1.807, 2.05) is 61.5 Å². The lowest BCUT2D eigenvalue weighted by Gasteiger charge is -2.00. The van der Waals surface area contributed by atoms with E-state index in [0.29, 0.717) is 24.1 Å². The lowest BCUT2D eigenvalue weighted by molar-refractivity contribution is 0.328. The van der Waals surface area contributed by atoms with Crippen molar-refractivity contribution in [3.05, 3.63) is 59.1 Å². The number of hydrogen-bond acceptors (Lipinski definition) is 3. The average molecular weight is 344 g/mol. The normalized spacial score (nSPS) is 10.6. The maximum Gasteiger partial charge on any atom is 0.261 e. The number of hydrogen-bond donors (Lipinski definition) is 0. The molecule has 3 aromatic rings. The highest BCUT2D eigenvalue weighted by molar-refractivity contribution is 9.10. The molecule has 0 aliphatic rings. The molecule has 0 unspecified atom stereocenters. The van der Waals surface area contributed by atoms with Gasteiger partial charge in [-0.1, -0.05) is 42.5 Å². The Kier molecular flexibility index (Phi) is 4.06. The van der Waals surface area contributed by atoms with Crippen molar-refractivity contribution in [3.63, 3.8) is 0 Å². The van der Waals surface area contributed by atoms with E-state index in [1.165, 1.54) is 0 Å². The number of nitrogens with zero attached hydrogens (tertiary/aromatic N) is 1. The molecule has 0 N–H and O–H groups in total. The Hall–Kier alpha value is -2.07. The zero-order valence-corrected chi connectivity index (χ0v) is 13.1. The van der Waals surface area contributed by atoms with Gasteiger partial charge in [0.25, 0.3) is 5.88 Å². The number of rotatable bonds is 4. The quantitative estimate of drug-likeness (QED) is 0.655. The fraction of sp³-hybridized carbons (Fsp3) is 0.118. The van der Waals surface area contributed by atoms with Crippen molar-refractivity contribution in [2.75, 3.05) is 6.61 Å². The fourth-order valence-corrected chi connectivity index (χ4v) is 2.52. The largest absolute Gasteiger partial charge is 0.475 e. The van der Waals surface area contributed by atoms with Gasteiger partial charge in [-0.2, -0.15) is 4.98 Å². The van der Waals surface area contributed by atoms with Crippen LogP contribution >= 0.6 is 15.9 Å². The van der Waals surface area contributed by atoms with Crippen LogP contribution in [0.1, 0.15) is 6.92 Å². The molecule has 3 rings (SSSR count). The molecule has 3 nitrogen and oxygen atoms in total. The number of benzene rings is 2. The second-order valence-electron chi connectivity index (χ2n) is 4.43. The molecule has 0 atom stereocenters. The number of halogens is 1. The summed E-state index contributed by atoms with van der Waals surface area (Å²) in [6, 6.07) is 17.7. The molecule has 0 radical (unpaired) electrons. The molecule has 2 aromatic carbocycles. The minimum absolute atomic E-state index is 0.523. The molecule has 0 saturated carbocycles. The molecule has 4 heteroatoms. The first-order chi connectivity index (χ1) is 10.3. The molecule has 0 aliphatic heterocycles. The summed E-state index contributed by atoms with van der Waals surface area (Å²) in [4.78, 5) is 4.49. The van der Waals surface area contributed by atoms with E-state index >= 15 is 0 Å². The van der Waals surface area contributed by atoms with Crippen LogP contribution in [0.3, 0.4) is 0 Å². The summed E-state index contributed by atoms with van der Waals surface area (Å²) in [6.07, 6.45) is 0. The van der Waals surface area contributed by atoms with E-state index in [2.05, 4.69) is 20.9 Å². The van der Waals surface area contributed by atoms with Crippen molar-refractivity contribution >= 4 is 15.9 Å². The molecule has 0 aliphatic carbocycles. The zero-order valence-electron chi connectivity index (χ0n) is 11.5. The lowest BCUT2D eigenvalue weighted by atomic mass is 10.2. The van der Waals surface area contributed by atoms with E-state index in [-0.39, 0.29) is 0 Å². The predicted molar refractivity (Wildman–Crippen MR) is 86.2 cm³/mol. The number of ether oxygens (including phenoxy) is 1. The van der Waals surface area contributed by atoms with Gasteiger partial charge in [-0.3, -0.25) is 0 Å². The molecular formula is C17H14BrNO2. The first-order valence-electron chi connectivity index (χ1n) is 6.73. The first kappa shape index (κ1) is 13.9. The summed E-state index contributed by atoms with van der Waals surface area (Å²) >= 11 is 3.52. The Balaban J connectivity index is 2.11. The minimum atomic E-state index is 0.523. The third kappa shape index (κ3) is 2.85. The Morgan fingerprint density at radius 3 is 2.48 bits per heavy atom. The van der Waals surface area contributed by atoms with Crippen molar-refractivity contribution in [2.24, 2.45) is 0 Å². The molecule has 0 amide bonds. The van der Waals surface area contributed by atoms with Gasteiger partial charge >= 0.3 is 0 Å². The summed E-state index contributed by atoms with van der Waals surface area (Å²) in [6.45, 7) is 2.48. The maximum atomic E-state index is 5.95. The van der Waals surface area contributed by atoms with Crippen molar-refractivity contribution in [3.8, 4) is 28.7 Å². The molecule has 0 saturated heterocycles. The highest BCUT2D eigenvalue weighted by atomic mass is 79.9. The summed E-state index contributed by atoms with van der Waals surface area (Å²) in [5.41, 5.74) is 1.85. The third-order valence-electron chi connectivity index (χ3n) is 3.02. The van der Waals surface area contributed by atoms with E-state index in [9.17, 15) is 0 Å². The van der Waals surface area contributed by atoms with E-state index in [0.717, 1.165) is 15.6 Å². The minimum Gasteiger partial charge on any atom is -0.475 e. The van der Waals surface area contributed by atoms with Crippen LogP contribution in [0.5, 0.6) is 5.88 Å². The zero-order chi connectivity index (χ0) is 14.7. The van der Waals surface area contributed by atoms with E-state index in [1.54, 1.807) is 0 Å². The summed E-state index contributed by atoms with van der Waals surface area (Å²) < 4.78 is 12.5. The maximum absolute atomic E-state index is 5.95. The molecule has 0 spiro atoms. The van der Waals surface area contributed by atoms with Gasteiger partial charge in [0.2, 0.25) is 5.89 Å². The van der Waals surface area contributed by atoms with Gasteiger partial charge in [0.15, 0.2) is 5.76 Å². The Bertz CT molecular complexity index is 738. The van der Waals surface area contributed by atoms with Crippen molar-refractivity contribution < 1.29 is 9.15 Å². The monoisotopic (exact) mass is 343 g/mol. The fourth-order valence-electron chi connectivity index (χ4n) is 2.06. The van der Waals surface area contributed by atoms with E-state index < -0.39 is 0 Å². The Morgan fingerprint density at radius 1 is 1.05 bits per heavy atom. The molecule has 1 heterocycles. The van der Waals surface area contributed by atoms with E-state index in [4.69, 9.17) is 9.15 Å². The lowest BCUT2D eigenvalue weighted by Crippen LogP contribution is -1.93. The molecular weight excluding hydrogens is 330 g/mol. The number of aromatic nitrogens is 1. The molecule has 0 fully saturated rings. The third-order valence-corrected chi connectivity index (χ3v) is 3.71. The average Bonchev–Trinajstić information content (AvgIpc) is 2.93. The Morgan fingerprint density at radius 2 is 1.76 bits per heavy atom. The summed E-state index contributed by atoms with van der Waals surface area (Å²) in [7, 11) is 0. The van der Waals surface area contributed by atoms with Crippen LogP contribution in [0.15, 0.2) is 63.5 Å². The SMILES string of the molecule is CCOc1nc(-c2ccccc2Br)oc1-c1ccccc1. The van der Waals surface area contributed by atoms with Crippen molar-refractivity contribution in [1.82, 2.24) is 4.98 Å². The number of oxazole rings is 1. The summed E-state index contributed by atoms with van der Waals surface area (Å²) in [5, 5.41) is 0. The van der Waals surface area contributed by atoms with Gasteiger partial charge in [0.05, 0.1) is 12.2 Å². The standard InChI is InChI=1S/C17H14BrNO2/c1-2-20-17-15(12-8-4-3-5-9-12)21-16(19-17)13-10-6-7-11-14(13)18/h3-11H,2H2,1H3. The van der Waals surface area contributed by atoms with Gasteiger partial charge in [-0.25, -0.2) is 0 Å². The molecule has 1 aromatic heterocycles. The van der Waals surface area contributed by atoms with Crippen LogP contribution in [-0.4, -0.2) is 11.6 Å². The molecule has 106 valence electrons.